The molecule has 0 radical (unpaired) electrons. The Morgan fingerprint density at radius 2 is 1.94 bits per heavy atom. The molecule has 0 saturated carbocycles. The first kappa shape index (κ1) is 12.0. The molecule has 0 aliphatic rings. The number of nitrogens with one attached hydrogen (secondary N) is 2. The Kier molecular flexibility index (Phi) is 4.28. The molecule has 0 amide bonds. The minimum Gasteiger partial charge on any atom is -0.359 e. The predicted octanol–water partition coefficient (Wildman–Crippen LogP) is 3.76. The van der Waals surface area contributed by atoms with Crippen LogP contribution in [0.4, 0.5) is 5.69 Å². The van der Waals surface area contributed by atoms with E-state index in [-0.39, 0.29) is 0 Å². The average Bonchev–Trinajstić information content (AvgIpc) is 2.29. The van der Waals surface area contributed by atoms with Crippen molar-refractivity contribution in [3.63, 3.8) is 0 Å². The number of para-hydroxylation sites is 1. The summed E-state index contributed by atoms with van der Waals surface area (Å²) in [6.45, 7) is 9.27. The molecule has 0 fully saturated rings. The minimum atomic E-state index is 0.342. The topological polar surface area (TPSA) is 35.9 Å². The summed E-state index contributed by atoms with van der Waals surface area (Å²) in [5, 5.41) is 10.7. The highest BCUT2D eigenvalue weighted by Gasteiger charge is 1.96. The Labute approximate surface area is 96.5 Å². The van der Waals surface area contributed by atoms with Crippen molar-refractivity contribution >= 4 is 11.4 Å². The van der Waals surface area contributed by atoms with Crippen LogP contribution in [-0.2, 0) is 0 Å². The van der Waals surface area contributed by atoms with Gasteiger partial charge in [-0.3, -0.25) is 0 Å². The highest BCUT2D eigenvalue weighted by Crippen LogP contribution is 2.10. The summed E-state index contributed by atoms with van der Waals surface area (Å²) < 4.78 is 0. The SMILES string of the molecule is C=CC(=N)C(=C)/C=C(\C)Nc1ccccc1. The molecular formula is C14H16N2. The van der Waals surface area contributed by atoms with E-state index < -0.39 is 0 Å². The molecule has 0 saturated heterocycles. The van der Waals surface area contributed by atoms with Gasteiger partial charge in [-0.05, 0) is 36.8 Å². The molecule has 0 atom stereocenters. The van der Waals surface area contributed by atoms with Crippen LogP contribution in [0.1, 0.15) is 6.92 Å². The van der Waals surface area contributed by atoms with E-state index in [0.717, 1.165) is 11.4 Å². The molecule has 2 nitrogen and oxygen atoms in total. The lowest BCUT2D eigenvalue weighted by molar-refractivity contribution is 1.36. The molecule has 16 heavy (non-hydrogen) atoms. The monoisotopic (exact) mass is 212 g/mol. The van der Waals surface area contributed by atoms with Gasteiger partial charge < -0.3 is 10.7 Å². The fraction of sp³-hybridized carbons (Fsp3) is 0.0714. The quantitative estimate of drug-likeness (QED) is 0.565. The summed E-state index contributed by atoms with van der Waals surface area (Å²) in [6, 6.07) is 9.88. The van der Waals surface area contributed by atoms with E-state index in [1.807, 2.05) is 43.3 Å². The van der Waals surface area contributed by atoms with E-state index in [0.29, 0.717) is 11.3 Å². The van der Waals surface area contributed by atoms with Crippen LogP contribution in [0, 0.1) is 5.41 Å². The standard InChI is InChI=1S/C14H16N2/c1-4-14(15)11(2)10-12(3)16-13-8-6-5-7-9-13/h4-10,15-16H,1-2H2,3H3/b12-10+,15-14?. The third-order valence-electron chi connectivity index (χ3n) is 2.06. The summed E-state index contributed by atoms with van der Waals surface area (Å²) in [7, 11) is 0. The highest BCUT2D eigenvalue weighted by atomic mass is 14.9. The van der Waals surface area contributed by atoms with Crippen LogP contribution in [0.25, 0.3) is 0 Å². The zero-order valence-corrected chi connectivity index (χ0v) is 9.46. The summed E-state index contributed by atoms with van der Waals surface area (Å²) in [4.78, 5) is 0. The van der Waals surface area contributed by atoms with Crippen molar-refractivity contribution in [2.75, 3.05) is 5.32 Å². The fourth-order valence-corrected chi connectivity index (χ4v) is 1.26. The van der Waals surface area contributed by atoms with Crippen LogP contribution in [0.2, 0.25) is 0 Å². The van der Waals surface area contributed by atoms with Crippen LogP contribution in [0.15, 0.2) is 66.9 Å². The Morgan fingerprint density at radius 3 is 2.50 bits per heavy atom. The first-order valence-electron chi connectivity index (χ1n) is 5.04. The Morgan fingerprint density at radius 1 is 1.31 bits per heavy atom. The zero-order valence-electron chi connectivity index (χ0n) is 9.46. The molecule has 1 aromatic carbocycles. The lowest BCUT2D eigenvalue weighted by atomic mass is 10.1. The van der Waals surface area contributed by atoms with Crippen molar-refractivity contribution in [3.05, 3.63) is 66.9 Å². The predicted molar refractivity (Wildman–Crippen MR) is 70.9 cm³/mol. The van der Waals surface area contributed by atoms with Crippen LogP contribution in [-0.4, -0.2) is 5.71 Å². The van der Waals surface area contributed by atoms with Gasteiger partial charge in [0.05, 0.1) is 5.71 Å². The third-order valence-corrected chi connectivity index (χ3v) is 2.06. The van der Waals surface area contributed by atoms with Gasteiger partial charge in [0, 0.05) is 11.4 Å². The second-order valence-corrected chi connectivity index (χ2v) is 3.46. The van der Waals surface area contributed by atoms with Gasteiger partial charge in [0.2, 0.25) is 0 Å². The normalized spacial score (nSPS) is 10.7. The molecular weight excluding hydrogens is 196 g/mol. The number of hydrogen-bond donors (Lipinski definition) is 2. The fourth-order valence-electron chi connectivity index (χ4n) is 1.26. The molecule has 0 unspecified atom stereocenters. The van der Waals surface area contributed by atoms with Crippen molar-refractivity contribution < 1.29 is 0 Å². The highest BCUT2D eigenvalue weighted by molar-refractivity contribution is 6.07. The molecule has 0 aliphatic heterocycles. The summed E-state index contributed by atoms with van der Waals surface area (Å²) in [5.41, 5.74) is 2.96. The molecule has 82 valence electrons. The molecule has 0 bridgehead atoms. The van der Waals surface area contributed by atoms with Gasteiger partial charge in [-0.15, -0.1) is 0 Å². The van der Waals surface area contributed by atoms with Gasteiger partial charge in [0.1, 0.15) is 0 Å². The number of benzene rings is 1. The number of hydrogen-bond acceptors (Lipinski definition) is 2. The van der Waals surface area contributed by atoms with E-state index in [9.17, 15) is 0 Å². The van der Waals surface area contributed by atoms with Crippen molar-refractivity contribution in [3.8, 4) is 0 Å². The number of anilines is 1. The largest absolute Gasteiger partial charge is 0.359 e. The van der Waals surface area contributed by atoms with Crippen molar-refractivity contribution in [1.29, 1.82) is 5.41 Å². The minimum absolute atomic E-state index is 0.342. The van der Waals surface area contributed by atoms with E-state index >= 15 is 0 Å². The lowest BCUT2D eigenvalue weighted by Gasteiger charge is -2.07. The van der Waals surface area contributed by atoms with Crippen molar-refractivity contribution in [1.82, 2.24) is 0 Å². The molecule has 0 aromatic heterocycles. The third kappa shape index (κ3) is 3.58. The van der Waals surface area contributed by atoms with Crippen molar-refractivity contribution in [2.24, 2.45) is 0 Å². The van der Waals surface area contributed by atoms with E-state index in [1.54, 1.807) is 0 Å². The summed E-state index contributed by atoms with van der Waals surface area (Å²) in [6.07, 6.45) is 3.31. The summed E-state index contributed by atoms with van der Waals surface area (Å²) in [5.74, 6) is 0. The molecule has 2 N–H and O–H groups in total. The zero-order chi connectivity index (χ0) is 12.0. The molecule has 0 aliphatic carbocycles. The van der Waals surface area contributed by atoms with Crippen LogP contribution in [0.3, 0.4) is 0 Å². The van der Waals surface area contributed by atoms with Gasteiger partial charge in [0.15, 0.2) is 0 Å². The van der Waals surface area contributed by atoms with E-state index in [4.69, 9.17) is 5.41 Å². The lowest BCUT2D eigenvalue weighted by Crippen LogP contribution is -1.99. The Balaban J connectivity index is 2.69. The number of allylic oxidation sites excluding steroid dienone is 4. The van der Waals surface area contributed by atoms with E-state index in [1.165, 1.54) is 6.08 Å². The molecule has 1 aromatic rings. The summed E-state index contributed by atoms with van der Waals surface area (Å²) >= 11 is 0. The van der Waals surface area contributed by atoms with Gasteiger partial charge in [-0.2, -0.15) is 0 Å². The van der Waals surface area contributed by atoms with E-state index in [2.05, 4.69) is 18.5 Å². The van der Waals surface area contributed by atoms with Gasteiger partial charge in [0.25, 0.3) is 0 Å². The second-order valence-electron chi connectivity index (χ2n) is 3.46. The van der Waals surface area contributed by atoms with Gasteiger partial charge in [-0.25, -0.2) is 0 Å². The molecule has 2 heteroatoms. The smallest absolute Gasteiger partial charge is 0.0600 e. The van der Waals surface area contributed by atoms with Crippen LogP contribution in [0.5, 0.6) is 0 Å². The van der Waals surface area contributed by atoms with Crippen LogP contribution >= 0.6 is 0 Å². The molecule has 0 heterocycles. The Bertz CT molecular complexity index is 427. The molecule has 0 spiro atoms. The second kappa shape index (κ2) is 5.71. The van der Waals surface area contributed by atoms with Gasteiger partial charge in [-0.1, -0.05) is 31.4 Å². The maximum atomic E-state index is 7.53. The number of rotatable bonds is 5. The first-order chi connectivity index (χ1) is 7.63. The van der Waals surface area contributed by atoms with Gasteiger partial charge >= 0.3 is 0 Å². The maximum absolute atomic E-state index is 7.53. The average molecular weight is 212 g/mol. The maximum Gasteiger partial charge on any atom is 0.0600 e. The van der Waals surface area contributed by atoms with Crippen molar-refractivity contribution in [2.45, 2.75) is 6.92 Å². The molecule has 1 rings (SSSR count). The van der Waals surface area contributed by atoms with Crippen LogP contribution < -0.4 is 5.32 Å². The first-order valence-corrected chi connectivity index (χ1v) is 5.04. The Hall–Kier alpha value is -2.09.